The van der Waals surface area contributed by atoms with Gasteiger partial charge in [-0.2, -0.15) is 11.8 Å². The van der Waals surface area contributed by atoms with Gasteiger partial charge >= 0.3 is 18.0 Å². The predicted octanol–water partition coefficient (Wildman–Crippen LogP) is 0.499. The molecule has 1 rings (SSSR count). The van der Waals surface area contributed by atoms with E-state index in [1.165, 1.54) is 0 Å². The number of urea groups is 1. The monoisotopic (exact) mass is 290 g/mol. The molecule has 1 atom stereocenters. The van der Waals surface area contributed by atoms with Gasteiger partial charge in [-0.15, -0.1) is 0 Å². The highest BCUT2D eigenvalue weighted by atomic mass is 32.2. The zero-order chi connectivity index (χ0) is 14.5. The van der Waals surface area contributed by atoms with Gasteiger partial charge < -0.3 is 20.8 Å². The summed E-state index contributed by atoms with van der Waals surface area (Å²) in [6.07, 6.45) is 3.61. The summed E-state index contributed by atoms with van der Waals surface area (Å²) in [6.45, 7) is 0.491. The summed E-state index contributed by atoms with van der Waals surface area (Å²) >= 11 is 1.68. The van der Waals surface area contributed by atoms with E-state index in [0.29, 0.717) is 6.54 Å². The number of carbonyl (C=O) groups excluding carboxylic acids is 1. The molecule has 108 valence electrons. The third-order valence-corrected chi connectivity index (χ3v) is 4.48. The first-order chi connectivity index (χ1) is 8.88. The normalized spacial score (nSPS) is 17.3. The highest BCUT2D eigenvalue weighted by Gasteiger charge is 2.42. The lowest BCUT2D eigenvalue weighted by Gasteiger charge is -2.17. The Balaban J connectivity index is 2.34. The molecule has 7 nitrogen and oxygen atoms in total. The fourth-order valence-electron chi connectivity index (χ4n) is 1.57. The maximum Gasteiger partial charge on any atom is 0.326 e. The first-order valence-corrected chi connectivity index (χ1v) is 7.15. The summed E-state index contributed by atoms with van der Waals surface area (Å²) in [4.78, 5) is 32.8. The van der Waals surface area contributed by atoms with Crippen molar-refractivity contribution >= 4 is 29.7 Å². The van der Waals surface area contributed by atoms with Crippen molar-refractivity contribution in [2.75, 3.05) is 12.8 Å². The molecular formula is C11H18N2O5S. The van der Waals surface area contributed by atoms with Crippen LogP contribution >= 0.6 is 11.8 Å². The van der Waals surface area contributed by atoms with E-state index >= 15 is 0 Å². The van der Waals surface area contributed by atoms with E-state index in [0.717, 1.165) is 12.8 Å². The second-order valence-corrected chi connectivity index (χ2v) is 5.81. The molecule has 0 unspecified atom stereocenters. The highest BCUT2D eigenvalue weighted by molar-refractivity contribution is 8.00. The molecule has 4 N–H and O–H groups in total. The first kappa shape index (κ1) is 15.6. The van der Waals surface area contributed by atoms with Gasteiger partial charge in [-0.3, -0.25) is 4.79 Å². The number of thioether (sulfide) groups is 1. The van der Waals surface area contributed by atoms with Gasteiger partial charge in [-0.25, -0.2) is 9.59 Å². The number of rotatable bonds is 8. The minimum absolute atomic E-state index is 0.0944. The van der Waals surface area contributed by atoms with Crippen molar-refractivity contribution in [3.05, 3.63) is 0 Å². The van der Waals surface area contributed by atoms with Crippen LogP contribution in [0.5, 0.6) is 0 Å². The Morgan fingerprint density at radius 2 is 1.95 bits per heavy atom. The number of hydrogen-bond donors (Lipinski definition) is 4. The van der Waals surface area contributed by atoms with Gasteiger partial charge in [0.2, 0.25) is 0 Å². The van der Waals surface area contributed by atoms with Crippen LogP contribution in [0.1, 0.15) is 25.7 Å². The van der Waals surface area contributed by atoms with Crippen molar-refractivity contribution in [3.63, 3.8) is 0 Å². The Labute approximate surface area is 115 Å². The Bertz CT molecular complexity index is 370. The van der Waals surface area contributed by atoms with Gasteiger partial charge in [0.25, 0.3) is 0 Å². The summed E-state index contributed by atoms with van der Waals surface area (Å²) in [7, 11) is 0. The predicted molar refractivity (Wildman–Crippen MR) is 70.3 cm³/mol. The number of carboxylic acid groups (broad SMARTS) is 2. The Morgan fingerprint density at radius 3 is 2.37 bits per heavy atom. The van der Waals surface area contributed by atoms with Crippen molar-refractivity contribution in [2.45, 2.75) is 36.5 Å². The van der Waals surface area contributed by atoms with Crippen LogP contribution in [0.2, 0.25) is 0 Å². The van der Waals surface area contributed by atoms with E-state index in [4.69, 9.17) is 10.2 Å². The molecule has 0 radical (unpaired) electrons. The van der Waals surface area contributed by atoms with Crippen LogP contribution in [-0.4, -0.2) is 51.8 Å². The summed E-state index contributed by atoms with van der Waals surface area (Å²) in [5.74, 6) is -2.32. The Hall–Kier alpha value is -1.44. The number of nitrogens with one attached hydrogen (secondary N) is 2. The molecule has 1 saturated carbocycles. The van der Waals surface area contributed by atoms with Crippen molar-refractivity contribution in [1.29, 1.82) is 0 Å². The molecule has 19 heavy (non-hydrogen) atoms. The molecule has 1 aliphatic carbocycles. The molecule has 0 aromatic heterocycles. The molecule has 0 aromatic rings. The topological polar surface area (TPSA) is 116 Å². The minimum Gasteiger partial charge on any atom is -0.481 e. The van der Waals surface area contributed by atoms with E-state index in [9.17, 15) is 14.4 Å². The number of amides is 2. The molecule has 2 amide bonds. The Kier molecular flexibility index (Phi) is 5.46. The van der Waals surface area contributed by atoms with Crippen LogP contribution in [-0.2, 0) is 9.59 Å². The molecule has 8 heteroatoms. The third-order valence-electron chi connectivity index (χ3n) is 3.06. The summed E-state index contributed by atoms with van der Waals surface area (Å²) < 4.78 is 0.0944. The lowest BCUT2D eigenvalue weighted by molar-refractivity contribution is -0.140. The third kappa shape index (κ3) is 5.37. The molecule has 0 bridgehead atoms. The minimum atomic E-state index is -1.23. The average molecular weight is 290 g/mol. The van der Waals surface area contributed by atoms with Crippen molar-refractivity contribution < 1.29 is 24.6 Å². The van der Waals surface area contributed by atoms with Gasteiger partial charge in [0.15, 0.2) is 0 Å². The molecular weight excluding hydrogens is 272 g/mol. The molecule has 0 heterocycles. The maximum atomic E-state index is 11.6. The molecule has 0 aliphatic heterocycles. The molecule has 0 spiro atoms. The molecule has 1 fully saturated rings. The quantitative estimate of drug-likeness (QED) is 0.517. The van der Waals surface area contributed by atoms with Crippen LogP contribution in [0.15, 0.2) is 0 Å². The first-order valence-electron chi connectivity index (χ1n) is 5.93. The van der Waals surface area contributed by atoms with Gasteiger partial charge in [0, 0.05) is 17.7 Å². The SMILES string of the molecule is CSC1(CNC(=O)N[C@@H](CCC(=O)O)C(=O)O)CC1. The summed E-state index contributed by atoms with van der Waals surface area (Å²) in [5.41, 5.74) is 0. The highest BCUT2D eigenvalue weighted by Crippen LogP contribution is 2.46. The molecule has 0 aromatic carbocycles. The summed E-state index contributed by atoms with van der Waals surface area (Å²) in [6, 6.07) is -1.75. The number of carbonyl (C=O) groups is 3. The van der Waals surface area contributed by atoms with Crippen LogP contribution in [0.25, 0.3) is 0 Å². The number of carboxylic acids is 2. The standard InChI is InChI=1S/C11H18N2O5S/c1-19-11(4-5-11)6-12-10(18)13-7(9(16)17)2-3-8(14)15/h7H,2-6H2,1H3,(H,14,15)(H,16,17)(H2,12,13,18)/t7-/m0/s1. The number of hydrogen-bond acceptors (Lipinski definition) is 4. The zero-order valence-electron chi connectivity index (χ0n) is 10.6. The van der Waals surface area contributed by atoms with Crippen LogP contribution < -0.4 is 10.6 Å². The van der Waals surface area contributed by atoms with Gasteiger partial charge in [0.05, 0.1) is 0 Å². The molecule has 1 aliphatic rings. The van der Waals surface area contributed by atoms with E-state index < -0.39 is 24.0 Å². The van der Waals surface area contributed by atoms with Gasteiger partial charge in [0.1, 0.15) is 6.04 Å². The largest absolute Gasteiger partial charge is 0.481 e. The smallest absolute Gasteiger partial charge is 0.326 e. The van der Waals surface area contributed by atoms with Crippen molar-refractivity contribution in [2.24, 2.45) is 0 Å². The fourth-order valence-corrected chi connectivity index (χ4v) is 2.30. The lowest BCUT2D eigenvalue weighted by atomic mass is 10.1. The van der Waals surface area contributed by atoms with Crippen LogP contribution in [0.3, 0.4) is 0 Å². The fraction of sp³-hybridized carbons (Fsp3) is 0.727. The number of aliphatic carboxylic acids is 2. The summed E-state index contributed by atoms with van der Waals surface area (Å²) in [5, 5.41) is 22.3. The van der Waals surface area contributed by atoms with E-state index in [-0.39, 0.29) is 17.6 Å². The molecule has 0 saturated heterocycles. The zero-order valence-corrected chi connectivity index (χ0v) is 11.5. The van der Waals surface area contributed by atoms with Crippen molar-refractivity contribution in [1.82, 2.24) is 10.6 Å². The van der Waals surface area contributed by atoms with E-state index in [1.807, 2.05) is 6.26 Å². The second-order valence-electron chi connectivity index (χ2n) is 4.54. The van der Waals surface area contributed by atoms with Crippen molar-refractivity contribution in [3.8, 4) is 0 Å². The van der Waals surface area contributed by atoms with Gasteiger partial charge in [-0.1, -0.05) is 0 Å². The second kappa shape index (κ2) is 6.65. The van der Waals surface area contributed by atoms with Crippen LogP contribution in [0, 0.1) is 0 Å². The average Bonchev–Trinajstić information content (AvgIpc) is 3.12. The van der Waals surface area contributed by atoms with Gasteiger partial charge in [-0.05, 0) is 25.5 Å². The lowest BCUT2D eigenvalue weighted by Crippen LogP contribution is -2.47. The van der Waals surface area contributed by atoms with Crippen LogP contribution in [0.4, 0.5) is 4.79 Å². The van der Waals surface area contributed by atoms with E-state index in [2.05, 4.69) is 10.6 Å². The van der Waals surface area contributed by atoms with E-state index in [1.54, 1.807) is 11.8 Å². The Morgan fingerprint density at radius 1 is 1.32 bits per heavy atom. The maximum absolute atomic E-state index is 11.6.